The van der Waals surface area contributed by atoms with Crippen LogP contribution >= 0.6 is 23.2 Å². The number of alkyl halides is 1. The molecule has 4 N–H and O–H groups in total. The number of carbonyl (C=O) groups is 2. The molecule has 1 saturated carbocycles. The number of halogens is 3. The van der Waals surface area contributed by atoms with Crippen molar-refractivity contribution in [2.24, 2.45) is 17.3 Å². The van der Waals surface area contributed by atoms with Gasteiger partial charge in [0, 0.05) is 33.7 Å². The summed E-state index contributed by atoms with van der Waals surface area (Å²) in [6.07, 6.45) is 6.66. The summed E-state index contributed by atoms with van der Waals surface area (Å²) in [4.78, 5) is 27.9. The third-order valence-corrected chi connectivity index (χ3v) is 8.53. The highest BCUT2D eigenvalue weighted by molar-refractivity contribution is 6.31. The van der Waals surface area contributed by atoms with E-state index < -0.39 is 29.7 Å². The molecule has 1 unspecified atom stereocenters. The molecule has 0 bridgehead atoms. The number of hydrogen-bond acceptors (Lipinski definition) is 4. The summed E-state index contributed by atoms with van der Waals surface area (Å²) in [7, 11) is 0. The van der Waals surface area contributed by atoms with Crippen LogP contribution in [0.1, 0.15) is 59.4 Å². The van der Waals surface area contributed by atoms with Crippen LogP contribution in [-0.2, 0) is 15.0 Å². The topological polar surface area (TPSA) is 90.5 Å². The number of carbonyl (C=O) groups excluding carboxylic acids is 2. The van der Waals surface area contributed by atoms with Crippen molar-refractivity contribution >= 4 is 40.7 Å². The summed E-state index contributed by atoms with van der Waals surface area (Å²) in [5, 5.41) is 20.5. The van der Waals surface area contributed by atoms with E-state index in [1.807, 2.05) is 19.1 Å². The quantitative estimate of drug-likeness (QED) is 0.340. The maximum absolute atomic E-state index is 14.1. The first kappa shape index (κ1) is 29.1. The average molecular weight is 567 g/mol. The van der Waals surface area contributed by atoms with Gasteiger partial charge in [-0.15, -0.1) is 0 Å². The molecule has 1 aromatic rings. The van der Waals surface area contributed by atoms with Crippen molar-refractivity contribution in [1.29, 1.82) is 0 Å². The lowest BCUT2D eigenvalue weighted by Crippen LogP contribution is -2.58. The molecule has 3 aliphatic rings. The first-order chi connectivity index (χ1) is 17.7. The van der Waals surface area contributed by atoms with Crippen LogP contribution in [0.3, 0.4) is 0 Å². The van der Waals surface area contributed by atoms with Gasteiger partial charge < -0.3 is 21.1 Å². The Balaban J connectivity index is 1.81. The summed E-state index contributed by atoms with van der Waals surface area (Å²) in [5.41, 5.74) is -0.492. The molecule has 2 aliphatic heterocycles. The fourth-order valence-electron chi connectivity index (χ4n) is 6.64. The Bertz CT molecular complexity index is 1150. The fraction of sp³-hybridized carbons (Fsp3) is 0.586. The smallest absolute Gasteiger partial charge is 0.237 e. The van der Waals surface area contributed by atoms with Gasteiger partial charge in [-0.05, 0) is 61.3 Å². The van der Waals surface area contributed by atoms with Gasteiger partial charge in [-0.3, -0.25) is 9.59 Å². The van der Waals surface area contributed by atoms with Crippen LogP contribution in [-0.4, -0.2) is 47.3 Å². The maximum Gasteiger partial charge on any atom is 0.237 e. The van der Waals surface area contributed by atoms with Crippen LogP contribution in [0.25, 0.3) is 0 Å². The molecule has 1 aromatic carbocycles. The molecule has 1 aliphatic carbocycles. The predicted molar refractivity (Wildman–Crippen MR) is 150 cm³/mol. The van der Waals surface area contributed by atoms with Gasteiger partial charge in [-0.1, -0.05) is 69.1 Å². The molecule has 1 spiro atoms. The number of nitrogens with one attached hydrogen (secondary N) is 3. The minimum atomic E-state index is -1.04. The molecule has 9 heteroatoms. The SMILES string of the molecule is CC(/C=C\C=C(\Cl)CF)[C@H]1[C@H](C(=O)N[C@H]2C[C@@](C)(O)C2)N[C@H](CC(C)(C)C)[C@]12C(=O)Nc1cc(Cl)ccc12. The van der Waals surface area contributed by atoms with Crippen LogP contribution in [0, 0.1) is 17.3 Å². The molecule has 5 atom stereocenters. The zero-order chi connectivity index (χ0) is 28.0. The number of allylic oxidation sites excluding steroid dienone is 4. The van der Waals surface area contributed by atoms with Gasteiger partial charge in [0.05, 0.1) is 17.1 Å². The minimum absolute atomic E-state index is 0.0724. The highest BCUT2D eigenvalue weighted by atomic mass is 35.5. The summed E-state index contributed by atoms with van der Waals surface area (Å²) in [5.74, 6) is -1.09. The highest BCUT2D eigenvalue weighted by Crippen LogP contribution is 2.55. The van der Waals surface area contributed by atoms with Crippen molar-refractivity contribution in [3.8, 4) is 0 Å². The normalized spacial score (nSPS) is 33.8. The number of hydrogen-bond donors (Lipinski definition) is 4. The third kappa shape index (κ3) is 5.53. The monoisotopic (exact) mass is 565 g/mol. The molecule has 0 aromatic heterocycles. The standard InChI is InChI=1S/C29H38Cl2FN3O3/c1-16(7-6-8-18(31)15-32)23-24(25(36)33-19-12-28(5,38)13-19)35-22(14-27(2,3)4)29(23)20-10-9-17(30)11-21(20)34-26(29)37/h6-11,16,19,22-24,35,38H,12-15H2,1-5H3,(H,33,36)(H,34,37)/b7-6-,18-8+/t16?,19-,22-,23+,24-,28+,29+/m1/s1. The van der Waals surface area contributed by atoms with Crippen LogP contribution < -0.4 is 16.0 Å². The van der Waals surface area contributed by atoms with Crippen molar-refractivity contribution in [2.45, 2.75) is 83.0 Å². The summed E-state index contributed by atoms with van der Waals surface area (Å²) in [6.45, 7) is 9.30. The van der Waals surface area contributed by atoms with E-state index in [0.29, 0.717) is 30.0 Å². The number of amides is 2. The second-order valence-corrected chi connectivity index (χ2v) is 13.5. The Labute approximate surface area is 234 Å². The molecule has 2 amide bonds. The van der Waals surface area contributed by atoms with Gasteiger partial charge in [-0.25, -0.2) is 4.39 Å². The molecule has 4 rings (SSSR count). The van der Waals surface area contributed by atoms with Gasteiger partial charge in [0.25, 0.3) is 0 Å². The number of benzene rings is 1. The number of fused-ring (bicyclic) bond motifs is 2. The second-order valence-electron chi connectivity index (χ2n) is 12.6. The van der Waals surface area contributed by atoms with E-state index in [-0.39, 0.29) is 40.3 Å². The zero-order valence-corrected chi connectivity index (χ0v) is 24.1. The Morgan fingerprint density at radius 3 is 2.63 bits per heavy atom. The van der Waals surface area contributed by atoms with Crippen LogP contribution in [0.4, 0.5) is 10.1 Å². The predicted octanol–water partition coefficient (Wildman–Crippen LogP) is 5.24. The molecular formula is C29H38Cl2FN3O3. The van der Waals surface area contributed by atoms with Gasteiger partial charge in [0.15, 0.2) is 0 Å². The molecule has 1 saturated heterocycles. The van der Waals surface area contributed by atoms with E-state index in [2.05, 4.69) is 36.7 Å². The van der Waals surface area contributed by atoms with E-state index in [1.54, 1.807) is 25.1 Å². The molecule has 0 radical (unpaired) electrons. The number of anilines is 1. The Morgan fingerprint density at radius 1 is 1.34 bits per heavy atom. The molecule has 38 heavy (non-hydrogen) atoms. The Morgan fingerprint density at radius 2 is 2.03 bits per heavy atom. The van der Waals surface area contributed by atoms with Crippen molar-refractivity contribution in [3.05, 3.63) is 52.0 Å². The van der Waals surface area contributed by atoms with E-state index in [4.69, 9.17) is 23.2 Å². The second kappa shape index (κ2) is 10.6. The van der Waals surface area contributed by atoms with Crippen molar-refractivity contribution in [1.82, 2.24) is 10.6 Å². The molecule has 2 fully saturated rings. The van der Waals surface area contributed by atoms with Crippen molar-refractivity contribution < 1.29 is 19.1 Å². The van der Waals surface area contributed by atoms with Gasteiger partial charge in [-0.2, -0.15) is 0 Å². The Hall–Kier alpha value is -1.93. The first-order valence-corrected chi connectivity index (χ1v) is 13.9. The van der Waals surface area contributed by atoms with E-state index in [0.717, 1.165) is 5.56 Å². The largest absolute Gasteiger partial charge is 0.390 e. The number of aliphatic hydroxyl groups is 1. The van der Waals surface area contributed by atoms with Crippen LogP contribution in [0.5, 0.6) is 0 Å². The van der Waals surface area contributed by atoms with Gasteiger partial charge in [0.1, 0.15) is 6.67 Å². The van der Waals surface area contributed by atoms with Crippen molar-refractivity contribution in [3.63, 3.8) is 0 Å². The first-order valence-electron chi connectivity index (χ1n) is 13.2. The van der Waals surface area contributed by atoms with Gasteiger partial charge in [0.2, 0.25) is 11.8 Å². The lowest BCUT2D eigenvalue weighted by Gasteiger charge is -2.42. The molecule has 6 nitrogen and oxygen atoms in total. The van der Waals surface area contributed by atoms with Crippen LogP contribution in [0.15, 0.2) is 41.5 Å². The van der Waals surface area contributed by atoms with E-state index in [1.165, 1.54) is 6.08 Å². The molecule has 208 valence electrons. The minimum Gasteiger partial charge on any atom is -0.390 e. The summed E-state index contributed by atoms with van der Waals surface area (Å²) >= 11 is 12.2. The molecular weight excluding hydrogens is 528 g/mol. The molecule has 2 heterocycles. The Kier molecular flexibility index (Phi) is 8.08. The lowest BCUT2D eigenvalue weighted by molar-refractivity contribution is -0.128. The maximum atomic E-state index is 14.1. The number of rotatable bonds is 7. The summed E-state index contributed by atoms with van der Waals surface area (Å²) < 4.78 is 12.9. The third-order valence-electron chi connectivity index (χ3n) is 8.07. The fourth-order valence-corrected chi connectivity index (χ4v) is 6.88. The summed E-state index contributed by atoms with van der Waals surface area (Å²) in [6, 6.07) is 4.28. The lowest BCUT2D eigenvalue weighted by atomic mass is 9.61. The zero-order valence-electron chi connectivity index (χ0n) is 22.6. The average Bonchev–Trinajstić information content (AvgIpc) is 3.26. The van der Waals surface area contributed by atoms with Crippen LogP contribution in [0.2, 0.25) is 5.02 Å². The van der Waals surface area contributed by atoms with E-state index >= 15 is 0 Å². The van der Waals surface area contributed by atoms with E-state index in [9.17, 15) is 19.1 Å². The van der Waals surface area contributed by atoms with Crippen molar-refractivity contribution in [2.75, 3.05) is 12.0 Å². The van der Waals surface area contributed by atoms with Gasteiger partial charge >= 0.3 is 0 Å². The highest BCUT2D eigenvalue weighted by Gasteiger charge is 2.66.